The standard InChI is InChI=1S/C17H14F2N6O4S/c1-24-5-9(25(28)29)11(23-24)16(27)22-12-10-7(6-2-3-6)4-8(14(18)19)21-17(10)30-13(12)15(20)26/h4-6,14H,2-3H2,1H3,(H2,20,26)(H,22,27). The van der Waals surface area contributed by atoms with E-state index in [0.717, 1.165) is 35.1 Å². The van der Waals surface area contributed by atoms with Gasteiger partial charge < -0.3 is 11.1 Å². The number of thiophene rings is 1. The largest absolute Gasteiger partial charge is 0.365 e. The molecule has 1 aliphatic rings. The number of nitrogens with zero attached hydrogens (tertiary/aromatic N) is 4. The van der Waals surface area contributed by atoms with Crippen LogP contribution in [0.3, 0.4) is 0 Å². The van der Waals surface area contributed by atoms with Crippen molar-refractivity contribution in [1.29, 1.82) is 0 Å². The molecule has 156 valence electrons. The van der Waals surface area contributed by atoms with Crippen molar-refractivity contribution in [2.75, 3.05) is 5.32 Å². The predicted octanol–water partition coefficient (Wildman–Crippen LogP) is 3.10. The Hall–Kier alpha value is -3.48. The van der Waals surface area contributed by atoms with Gasteiger partial charge in [0.1, 0.15) is 21.6 Å². The Labute approximate surface area is 170 Å². The lowest BCUT2D eigenvalue weighted by atomic mass is 10.0. The van der Waals surface area contributed by atoms with Crippen LogP contribution in [0.2, 0.25) is 0 Å². The monoisotopic (exact) mass is 436 g/mol. The van der Waals surface area contributed by atoms with Crippen LogP contribution in [0, 0.1) is 10.1 Å². The number of aryl methyl sites for hydroxylation is 1. The molecule has 0 unspecified atom stereocenters. The number of alkyl halides is 2. The Morgan fingerprint density at radius 1 is 1.43 bits per heavy atom. The smallest absolute Gasteiger partial charge is 0.320 e. The van der Waals surface area contributed by atoms with E-state index in [2.05, 4.69) is 15.4 Å². The van der Waals surface area contributed by atoms with Crippen LogP contribution < -0.4 is 11.1 Å². The Morgan fingerprint density at radius 3 is 2.70 bits per heavy atom. The van der Waals surface area contributed by atoms with E-state index in [-0.39, 0.29) is 21.3 Å². The highest BCUT2D eigenvalue weighted by atomic mass is 32.1. The molecule has 0 atom stereocenters. The average molecular weight is 436 g/mol. The second-order valence-corrected chi connectivity index (χ2v) is 7.81. The zero-order valence-electron chi connectivity index (χ0n) is 15.4. The van der Waals surface area contributed by atoms with Crippen molar-refractivity contribution in [2.45, 2.75) is 25.2 Å². The summed E-state index contributed by atoms with van der Waals surface area (Å²) in [4.78, 5) is 39.2. The fourth-order valence-corrected chi connectivity index (χ4v) is 4.23. The highest BCUT2D eigenvalue weighted by Crippen LogP contribution is 2.48. The molecule has 1 aliphatic carbocycles. The summed E-state index contributed by atoms with van der Waals surface area (Å²) in [5.74, 6) is -1.82. The van der Waals surface area contributed by atoms with E-state index >= 15 is 0 Å². The Morgan fingerprint density at radius 2 is 2.13 bits per heavy atom. The summed E-state index contributed by atoms with van der Waals surface area (Å²) in [6.45, 7) is 0. The quantitative estimate of drug-likeness (QED) is 0.448. The minimum absolute atomic E-state index is 0.00247. The number of aromatic nitrogens is 3. The number of nitrogens with two attached hydrogens (primary N) is 1. The first-order valence-electron chi connectivity index (χ1n) is 8.72. The van der Waals surface area contributed by atoms with Crippen molar-refractivity contribution in [2.24, 2.45) is 12.8 Å². The van der Waals surface area contributed by atoms with E-state index in [1.807, 2.05) is 0 Å². The molecular weight excluding hydrogens is 422 g/mol. The number of carbonyl (C=O) groups excluding carboxylic acids is 2. The first-order chi connectivity index (χ1) is 14.2. The molecule has 0 bridgehead atoms. The number of carbonyl (C=O) groups is 2. The van der Waals surface area contributed by atoms with Crippen molar-refractivity contribution in [3.05, 3.63) is 44.2 Å². The van der Waals surface area contributed by atoms with Crippen LogP contribution in [-0.4, -0.2) is 31.5 Å². The third-order valence-electron chi connectivity index (χ3n) is 4.64. The lowest BCUT2D eigenvalue weighted by Crippen LogP contribution is -2.18. The van der Waals surface area contributed by atoms with E-state index in [4.69, 9.17) is 5.73 Å². The minimum Gasteiger partial charge on any atom is -0.365 e. The number of nitrogens with one attached hydrogen (secondary N) is 1. The van der Waals surface area contributed by atoms with Crippen LogP contribution in [0.1, 0.15) is 56.6 Å². The number of hydrogen-bond acceptors (Lipinski definition) is 7. The van der Waals surface area contributed by atoms with E-state index in [0.29, 0.717) is 10.9 Å². The van der Waals surface area contributed by atoms with Crippen molar-refractivity contribution in [3.8, 4) is 0 Å². The van der Waals surface area contributed by atoms with Gasteiger partial charge >= 0.3 is 5.69 Å². The predicted molar refractivity (Wildman–Crippen MR) is 103 cm³/mol. The summed E-state index contributed by atoms with van der Waals surface area (Å²) in [5.41, 5.74) is 4.56. The minimum atomic E-state index is -2.81. The van der Waals surface area contributed by atoms with E-state index < -0.39 is 40.2 Å². The number of hydrogen-bond donors (Lipinski definition) is 2. The van der Waals surface area contributed by atoms with Gasteiger partial charge in [-0.3, -0.25) is 24.4 Å². The van der Waals surface area contributed by atoms with Crippen LogP contribution in [0.15, 0.2) is 12.3 Å². The maximum Gasteiger partial charge on any atom is 0.320 e. The Kier molecular flexibility index (Phi) is 4.68. The van der Waals surface area contributed by atoms with E-state index in [1.54, 1.807) is 0 Å². The van der Waals surface area contributed by atoms with Crippen molar-refractivity contribution < 1.29 is 23.3 Å². The Bertz CT molecular complexity index is 1220. The van der Waals surface area contributed by atoms with Crippen LogP contribution >= 0.6 is 11.3 Å². The number of nitro groups is 1. The van der Waals surface area contributed by atoms with Crippen LogP contribution in [0.4, 0.5) is 20.2 Å². The molecule has 30 heavy (non-hydrogen) atoms. The summed E-state index contributed by atoms with van der Waals surface area (Å²) in [7, 11) is 1.42. The summed E-state index contributed by atoms with van der Waals surface area (Å²) >= 11 is 0.783. The number of primary amides is 1. The highest BCUT2D eigenvalue weighted by molar-refractivity contribution is 7.21. The van der Waals surface area contributed by atoms with Gasteiger partial charge in [-0.15, -0.1) is 11.3 Å². The molecule has 3 aromatic rings. The van der Waals surface area contributed by atoms with Gasteiger partial charge in [-0.1, -0.05) is 0 Å². The lowest BCUT2D eigenvalue weighted by molar-refractivity contribution is -0.385. The van der Waals surface area contributed by atoms with Crippen LogP contribution in [0.25, 0.3) is 10.2 Å². The fourth-order valence-electron chi connectivity index (χ4n) is 3.21. The number of fused-ring (bicyclic) bond motifs is 1. The first kappa shape index (κ1) is 19.8. The van der Waals surface area contributed by atoms with Gasteiger partial charge in [-0.05, 0) is 30.4 Å². The Balaban J connectivity index is 1.87. The van der Waals surface area contributed by atoms with E-state index in [1.165, 1.54) is 13.1 Å². The molecular formula is C17H14F2N6O4S. The fraction of sp³-hybridized carbons (Fsp3) is 0.294. The van der Waals surface area contributed by atoms with Gasteiger partial charge in [0.25, 0.3) is 18.2 Å². The van der Waals surface area contributed by atoms with Crippen molar-refractivity contribution in [3.63, 3.8) is 0 Å². The molecule has 1 saturated carbocycles. The second-order valence-electron chi connectivity index (χ2n) is 6.81. The first-order valence-corrected chi connectivity index (χ1v) is 9.53. The summed E-state index contributed by atoms with van der Waals surface area (Å²) in [6.07, 6.45) is -0.201. The maximum absolute atomic E-state index is 13.3. The molecule has 0 aromatic carbocycles. The van der Waals surface area contributed by atoms with Gasteiger partial charge in [0.15, 0.2) is 0 Å². The number of amides is 2. The van der Waals surface area contributed by atoms with Gasteiger partial charge in [-0.25, -0.2) is 13.8 Å². The topological polar surface area (TPSA) is 146 Å². The van der Waals surface area contributed by atoms with Crippen molar-refractivity contribution >= 4 is 44.7 Å². The number of pyridine rings is 1. The summed E-state index contributed by atoms with van der Waals surface area (Å²) in [6, 6.07) is 1.26. The molecule has 3 heterocycles. The molecule has 3 N–H and O–H groups in total. The summed E-state index contributed by atoms with van der Waals surface area (Å²) < 4.78 is 27.7. The average Bonchev–Trinajstić information content (AvgIpc) is 3.34. The number of halogens is 2. The van der Waals surface area contributed by atoms with Crippen LogP contribution in [0.5, 0.6) is 0 Å². The lowest BCUT2D eigenvalue weighted by Gasteiger charge is -2.09. The van der Waals surface area contributed by atoms with Crippen molar-refractivity contribution in [1.82, 2.24) is 14.8 Å². The molecule has 0 aliphatic heterocycles. The maximum atomic E-state index is 13.3. The third kappa shape index (κ3) is 3.36. The van der Waals surface area contributed by atoms with Gasteiger partial charge in [-0.2, -0.15) is 5.10 Å². The molecule has 0 saturated heterocycles. The number of rotatable bonds is 6. The van der Waals surface area contributed by atoms with Gasteiger partial charge in [0.05, 0.1) is 10.6 Å². The molecule has 13 heteroatoms. The second kappa shape index (κ2) is 7.09. The molecule has 1 fully saturated rings. The summed E-state index contributed by atoms with van der Waals surface area (Å²) in [5, 5.41) is 17.8. The third-order valence-corrected chi connectivity index (χ3v) is 5.73. The molecule has 3 aromatic heterocycles. The molecule has 0 spiro atoms. The normalized spacial score (nSPS) is 13.7. The molecule has 2 amide bonds. The zero-order chi connectivity index (χ0) is 21.7. The van der Waals surface area contributed by atoms with E-state index in [9.17, 15) is 28.5 Å². The highest BCUT2D eigenvalue weighted by Gasteiger charge is 2.33. The molecule has 4 rings (SSSR count). The number of anilines is 1. The van der Waals surface area contributed by atoms with Crippen LogP contribution in [-0.2, 0) is 7.05 Å². The van der Waals surface area contributed by atoms with Gasteiger partial charge in [0.2, 0.25) is 5.69 Å². The van der Waals surface area contributed by atoms with Gasteiger partial charge in [0, 0.05) is 12.4 Å². The zero-order valence-corrected chi connectivity index (χ0v) is 16.2. The SMILES string of the molecule is Cn1cc([N+](=O)[O-])c(C(=O)Nc2c(C(N)=O)sc3nc(C(F)F)cc(C4CC4)c23)n1. The molecule has 10 nitrogen and oxygen atoms in total. The molecule has 0 radical (unpaired) electrons.